The lowest BCUT2D eigenvalue weighted by atomic mass is 9.84. The summed E-state index contributed by atoms with van der Waals surface area (Å²) < 4.78 is 23.6. The quantitative estimate of drug-likeness (QED) is 0.220. The Morgan fingerprint density at radius 1 is 1.05 bits per heavy atom. The molecular formula is C33H41N3O6. The number of fused-ring (bicyclic) bond motifs is 1. The van der Waals surface area contributed by atoms with E-state index in [1.165, 1.54) is 0 Å². The van der Waals surface area contributed by atoms with Gasteiger partial charge in [0.05, 0.1) is 30.5 Å². The zero-order valence-electron chi connectivity index (χ0n) is 24.6. The average Bonchev–Trinajstić information content (AvgIpc) is 3.00. The Kier molecular flexibility index (Phi) is 9.74. The van der Waals surface area contributed by atoms with Gasteiger partial charge < -0.3 is 34.3 Å². The van der Waals surface area contributed by atoms with Crippen LogP contribution in [-0.4, -0.2) is 63.8 Å². The maximum Gasteiger partial charge on any atom is 0.142 e. The first-order chi connectivity index (χ1) is 20.4. The number of rotatable bonds is 12. The number of nitroso groups, excluding NO2 is 1. The molecule has 5 rings (SSSR count). The number of hydrogen-bond donors (Lipinski definition) is 2. The number of ether oxygens (including phenoxy) is 4. The number of piperidine rings is 1. The minimum Gasteiger partial charge on any atom is -0.490 e. The summed E-state index contributed by atoms with van der Waals surface area (Å²) in [6, 6.07) is 20.9. The molecule has 3 aromatic carbocycles. The molecule has 0 radical (unpaired) electrons. The number of benzene rings is 3. The molecule has 0 spiro atoms. The van der Waals surface area contributed by atoms with Crippen LogP contribution in [0.3, 0.4) is 0 Å². The van der Waals surface area contributed by atoms with E-state index < -0.39 is 11.6 Å². The lowest BCUT2D eigenvalue weighted by molar-refractivity contribution is 0.00539. The highest BCUT2D eigenvalue weighted by Crippen LogP contribution is 2.35. The Morgan fingerprint density at radius 2 is 1.79 bits per heavy atom. The molecule has 0 saturated carbocycles. The van der Waals surface area contributed by atoms with Crippen LogP contribution in [0.25, 0.3) is 0 Å². The molecule has 0 aliphatic carbocycles. The highest BCUT2D eigenvalue weighted by atomic mass is 16.5. The average molecular weight is 576 g/mol. The predicted octanol–water partition coefficient (Wildman–Crippen LogP) is 5.35. The molecular weight excluding hydrogens is 534 g/mol. The van der Waals surface area contributed by atoms with E-state index in [0.29, 0.717) is 37.8 Å². The Hall–Kier alpha value is -3.50. The summed E-state index contributed by atoms with van der Waals surface area (Å²) >= 11 is 0. The summed E-state index contributed by atoms with van der Waals surface area (Å²) in [5, 5.41) is 17.0. The van der Waals surface area contributed by atoms with Crippen molar-refractivity contribution in [2.45, 2.75) is 50.5 Å². The molecule has 42 heavy (non-hydrogen) atoms. The van der Waals surface area contributed by atoms with E-state index in [9.17, 15) is 10.0 Å². The number of nitrogens with one attached hydrogen (secondary N) is 1. The first-order valence-corrected chi connectivity index (χ1v) is 14.6. The molecule has 2 N–H and O–H groups in total. The fourth-order valence-corrected chi connectivity index (χ4v) is 5.65. The van der Waals surface area contributed by atoms with Gasteiger partial charge in [0.1, 0.15) is 29.9 Å². The van der Waals surface area contributed by atoms with Gasteiger partial charge in [0, 0.05) is 39.3 Å². The molecule has 9 nitrogen and oxygen atoms in total. The van der Waals surface area contributed by atoms with Gasteiger partial charge >= 0.3 is 0 Å². The second-order valence-corrected chi connectivity index (χ2v) is 11.4. The van der Waals surface area contributed by atoms with Gasteiger partial charge in [0.15, 0.2) is 0 Å². The van der Waals surface area contributed by atoms with Crippen molar-refractivity contribution < 1.29 is 24.1 Å². The van der Waals surface area contributed by atoms with Crippen LogP contribution in [0.2, 0.25) is 0 Å². The zero-order valence-corrected chi connectivity index (χ0v) is 24.6. The smallest absolute Gasteiger partial charge is 0.142 e. The number of nitrogens with zero attached hydrogens (tertiary/aromatic N) is 2. The third-order valence-corrected chi connectivity index (χ3v) is 7.93. The third kappa shape index (κ3) is 7.28. The Bertz CT molecular complexity index is 1310. The van der Waals surface area contributed by atoms with E-state index in [0.717, 1.165) is 54.2 Å². The largest absolute Gasteiger partial charge is 0.490 e. The topological polar surface area (TPSA) is 102 Å². The van der Waals surface area contributed by atoms with E-state index in [4.69, 9.17) is 18.9 Å². The number of aliphatic hydroxyl groups is 1. The van der Waals surface area contributed by atoms with Crippen LogP contribution >= 0.6 is 0 Å². The molecule has 1 fully saturated rings. The van der Waals surface area contributed by atoms with Gasteiger partial charge in [0.2, 0.25) is 0 Å². The van der Waals surface area contributed by atoms with Crippen molar-refractivity contribution >= 4 is 5.69 Å². The molecule has 3 aromatic rings. The van der Waals surface area contributed by atoms with E-state index in [1.807, 2.05) is 60.7 Å². The zero-order chi connectivity index (χ0) is 29.5. The highest BCUT2D eigenvalue weighted by molar-refractivity contribution is 5.61. The van der Waals surface area contributed by atoms with Crippen LogP contribution in [0.4, 0.5) is 5.69 Å². The summed E-state index contributed by atoms with van der Waals surface area (Å²) in [5.41, 5.74) is 3.02. The molecule has 2 aliphatic heterocycles. The molecule has 0 amide bonds. The number of hydrogen-bond acceptors (Lipinski definition) is 9. The minimum atomic E-state index is -0.907. The lowest BCUT2D eigenvalue weighted by Crippen LogP contribution is -2.48. The van der Waals surface area contributed by atoms with E-state index >= 15 is 0 Å². The Balaban J connectivity index is 1.26. The van der Waals surface area contributed by atoms with Crippen molar-refractivity contribution in [3.8, 4) is 17.2 Å². The molecule has 2 aliphatic rings. The van der Waals surface area contributed by atoms with Crippen LogP contribution in [0, 0.1) is 4.91 Å². The minimum absolute atomic E-state index is 0.185. The summed E-state index contributed by atoms with van der Waals surface area (Å²) in [7, 11) is 1.72. The van der Waals surface area contributed by atoms with Gasteiger partial charge in [-0.2, -0.15) is 4.91 Å². The molecule has 0 unspecified atom stereocenters. The fourth-order valence-electron chi connectivity index (χ4n) is 5.65. The predicted molar refractivity (Wildman–Crippen MR) is 163 cm³/mol. The maximum atomic E-state index is 11.9. The standard InChI is InChI=1S/C33H41N3O6/c1-33(2,37)25-8-12-27(13-9-25)42-26-10-6-24(7-11-26)32-28(35-38)20-34-21-31(32)41-22-23-5-14-30-29(19-23)36(16-18-40-30)15-4-17-39-3/h5-14,19,28,31-32,34,37H,4,15-18,20-22H2,1-3H3/t28-,31+,32+/m1/s1. The molecule has 9 heteroatoms. The first-order valence-electron chi connectivity index (χ1n) is 14.6. The maximum absolute atomic E-state index is 11.9. The first kappa shape index (κ1) is 30.0. The van der Waals surface area contributed by atoms with Gasteiger partial charge in [-0.05, 0) is 73.4 Å². The van der Waals surface area contributed by atoms with Crippen molar-refractivity contribution in [1.29, 1.82) is 0 Å². The highest BCUT2D eigenvalue weighted by Gasteiger charge is 2.36. The molecule has 1 saturated heterocycles. The second kappa shape index (κ2) is 13.6. The van der Waals surface area contributed by atoms with E-state index in [2.05, 4.69) is 21.5 Å². The molecule has 0 aromatic heterocycles. The van der Waals surface area contributed by atoms with Crippen molar-refractivity contribution in [1.82, 2.24) is 5.32 Å². The fraction of sp³-hybridized carbons (Fsp3) is 0.455. The van der Waals surface area contributed by atoms with Crippen molar-refractivity contribution in [3.05, 3.63) is 88.3 Å². The monoisotopic (exact) mass is 575 g/mol. The summed E-state index contributed by atoms with van der Waals surface area (Å²) in [5.74, 6) is 2.07. The molecule has 2 heterocycles. The van der Waals surface area contributed by atoms with Crippen molar-refractivity contribution in [3.63, 3.8) is 0 Å². The normalized spacial score (nSPS) is 20.5. The van der Waals surface area contributed by atoms with Crippen LogP contribution in [0.15, 0.2) is 71.9 Å². The van der Waals surface area contributed by atoms with Crippen molar-refractivity contribution in [2.24, 2.45) is 5.18 Å². The number of anilines is 1. The van der Waals surface area contributed by atoms with E-state index in [-0.39, 0.29) is 12.0 Å². The Morgan fingerprint density at radius 3 is 2.48 bits per heavy atom. The lowest BCUT2D eigenvalue weighted by Gasteiger charge is -2.36. The van der Waals surface area contributed by atoms with Crippen LogP contribution in [0.1, 0.15) is 42.9 Å². The van der Waals surface area contributed by atoms with Gasteiger partial charge in [-0.25, -0.2) is 0 Å². The van der Waals surface area contributed by atoms with Gasteiger partial charge in [0.25, 0.3) is 0 Å². The van der Waals surface area contributed by atoms with Gasteiger partial charge in [-0.3, -0.25) is 0 Å². The SMILES string of the molecule is COCCCN1CCOc2ccc(CO[C@H]3CNC[C@@H](N=O)[C@@H]3c3ccc(Oc4ccc(C(C)(C)O)cc4)cc3)cc21. The van der Waals surface area contributed by atoms with Crippen LogP contribution < -0.4 is 19.7 Å². The third-order valence-electron chi connectivity index (χ3n) is 7.93. The van der Waals surface area contributed by atoms with Gasteiger partial charge in [-0.1, -0.05) is 35.5 Å². The summed E-state index contributed by atoms with van der Waals surface area (Å²) in [6.07, 6.45) is 0.720. The molecule has 3 atom stereocenters. The summed E-state index contributed by atoms with van der Waals surface area (Å²) in [6.45, 7) is 8.19. The molecule has 224 valence electrons. The van der Waals surface area contributed by atoms with E-state index in [1.54, 1.807) is 21.0 Å². The summed E-state index contributed by atoms with van der Waals surface area (Å²) in [4.78, 5) is 14.2. The molecule has 0 bridgehead atoms. The van der Waals surface area contributed by atoms with Crippen molar-refractivity contribution in [2.75, 3.05) is 51.4 Å². The second-order valence-electron chi connectivity index (χ2n) is 11.4. The Labute approximate surface area is 247 Å². The van der Waals surface area contributed by atoms with Gasteiger partial charge in [-0.15, -0.1) is 0 Å². The van der Waals surface area contributed by atoms with Crippen LogP contribution in [0.5, 0.6) is 17.2 Å². The van der Waals surface area contributed by atoms with Crippen LogP contribution in [-0.2, 0) is 21.7 Å². The number of methoxy groups -OCH3 is 1.